The zero-order chi connectivity index (χ0) is 15.0. The number of nitrogen functional groups attached to an aromatic ring is 1. The van der Waals surface area contributed by atoms with Gasteiger partial charge in [-0.3, -0.25) is 0 Å². The van der Waals surface area contributed by atoms with Crippen molar-refractivity contribution in [2.75, 3.05) is 35.6 Å². The second kappa shape index (κ2) is 8.04. The first-order valence-corrected chi connectivity index (χ1v) is 8.79. The number of sulfonamides is 1. The van der Waals surface area contributed by atoms with Crippen molar-refractivity contribution in [3.05, 3.63) is 18.2 Å². The van der Waals surface area contributed by atoms with E-state index in [4.69, 9.17) is 12.2 Å². The third kappa shape index (κ3) is 4.96. The van der Waals surface area contributed by atoms with Crippen LogP contribution in [0.25, 0.3) is 0 Å². The van der Waals surface area contributed by atoms with Crippen LogP contribution >= 0.6 is 11.8 Å². The van der Waals surface area contributed by atoms with E-state index in [2.05, 4.69) is 16.0 Å². The fraction of sp³-hybridized carbons (Fsp3) is 0.385. The van der Waals surface area contributed by atoms with Crippen molar-refractivity contribution in [2.45, 2.75) is 11.8 Å². The van der Waals surface area contributed by atoms with E-state index in [1.54, 1.807) is 30.8 Å². The molecule has 0 aliphatic carbocycles. The van der Waals surface area contributed by atoms with Gasteiger partial charge in [-0.1, -0.05) is 12.8 Å². The minimum Gasteiger partial charge on any atom is -0.397 e. The highest BCUT2D eigenvalue weighted by Gasteiger charge is 2.14. The van der Waals surface area contributed by atoms with E-state index in [0.717, 1.165) is 5.75 Å². The molecule has 0 aromatic heterocycles. The quantitative estimate of drug-likeness (QED) is 0.383. The number of benzene rings is 1. The van der Waals surface area contributed by atoms with E-state index < -0.39 is 10.0 Å². The van der Waals surface area contributed by atoms with Crippen molar-refractivity contribution in [1.29, 1.82) is 0 Å². The molecule has 0 heterocycles. The van der Waals surface area contributed by atoms with Crippen molar-refractivity contribution in [3.8, 4) is 12.3 Å². The Kier molecular flexibility index (Phi) is 6.71. The number of hydrogen-bond donors (Lipinski definition) is 3. The highest BCUT2D eigenvalue weighted by atomic mass is 32.2. The SMILES string of the molecule is C#CCSCCNc1cc(S(=O)(=O)NCC)ccc1N. The van der Waals surface area contributed by atoms with Crippen molar-refractivity contribution in [1.82, 2.24) is 4.72 Å². The Hall–Kier alpha value is -1.36. The van der Waals surface area contributed by atoms with Crippen LogP contribution in [-0.2, 0) is 10.0 Å². The molecule has 0 fully saturated rings. The maximum absolute atomic E-state index is 11.9. The van der Waals surface area contributed by atoms with Gasteiger partial charge in [-0.05, 0) is 18.2 Å². The van der Waals surface area contributed by atoms with Crippen LogP contribution in [0.2, 0.25) is 0 Å². The summed E-state index contributed by atoms with van der Waals surface area (Å²) >= 11 is 1.63. The highest BCUT2D eigenvalue weighted by Crippen LogP contribution is 2.22. The first-order valence-electron chi connectivity index (χ1n) is 6.15. The summed E-state index contributed by atoms with van der Waals surface area (Å²) in [5.74, 6) is 4.03. The molecule has 1 aromatic rings. The van der Waals surface area contributed by atoms with Crippen LogP contribution in [-0.4, -0.2) is 33.0 Å². The van der Waals surface area contributed by atoms with E-state index in [9.17, 15) is 8.42 Å². The van der Waals surface area contributed by atoms with Crippen LogP contribution in [0.4, 0.5) is 11.4 Å². The molecule has 20 heavy (non-hydrogen) atoms. The summed E-state index contributed by atoms with van der Waals surface area (Å²) < 4.78 is 26.3. The van der Waals surface area contributed by atoms with Crippen LogP contribution < -0.4 is 15.8 Å². The Balaban J connectivity index is 2.75. The summed E-state index contributed by atoms with van der Waals surface area (Å²) in [5, 5.41) is 3.12. The molecule has 0 aliphatic rings. The van der Waals surface area contributed by atoms with Gasteiger partial charge in [-0.15, -0.1) is 18.2 Å². The van der Waals surface area contributed by atoms with Gasteiger partial charge in [0.2, 0.25) is 10.0 Å². The van der Waals surface area contributed by atoms with Crippen LogP contribution in [0.3, 0.4) is 0 Å². The predicted octanol–water partition coefficient (Wildman–Crippen LogP) is 1.35. The third-order valence-electron chi connectivity index (χ3n) is 2.42. The molecule has 1 rings (SSSR count). The lowest BCUT2D eigenvalue weighted by Crippen LogP contribution is -2.23. The predicted molar refractivity (Wildman–Crippen MR) is 86.4 cm³/mol. The van der Waals surface area contributed by atoms with E-state index in [0.29, 0.717) is 30.2 Å². The number of rotatable bonds is 8. The van der Waals surface area contributed by atoms with Crippen molar-refractivity contribution in [3.63, 3.8) is 0 Å². The van der Waals surface area contributed by atoms with Gasteiger partial charge >= 0.3 is 0 Å². The number of nitrogens with two attached hydrogens (primary N) is 1. The second-order valence-electron chi connectivity index (χ2n) is 3.93. The zero-order valence-electron chi connectivity index (χ0n) is 11.3. The van der Waals surface area contributed by atoms with E-state index >= 15 is 0 Å². The second-order valence-corrected chi connectivity index (χ2v) is 6.81. The molecule has 0 saturated heterocycles. The Morgan fingerprint density at radius 1 is 1.45 bits per heavy atom. The largest absolute Gasteiger partial charge is 0.397 e. The van der Waals surface area contributed by atoms with Gasteiger partial charge in [-0.2, -0.15) is 0 Å². The fourth-order valence-corrected chi connectivity index (χ4v) is 3.09. The minimum atomic E-state index is -3.47. The van der Waals surface area contributed by atoms with Gasteiger partial charge in [0.25, 0.3) is 0 Å². The number of hydrogen-bond acceptors (Lipinski definition) is 5. The number of thioether (sulfide) groups is 1. The van der Waals surface area contributed by atoms with Crippen molar-refractivity contribution < 1.29 is 8.42 Å². The first kappa shape index (κ1) is 16.7. The highest BCUT2D eigenvalue weighted by molar-refractivity contribution is 7.99. The standard InChI is InChI=1S/C13H19N3O2S2/c1-3-8-19-9-7-15-13-10-11(5-6-12(13)14)20(17,18)16-4-2/h1,5-6,10,15-16H,4,7-9,14H2,2H3. The number of nitrogens with one attached hydrogen (secondary N) is 2. The molecule has 1 aromatic carbocycles. The van der Waals surface area contributed by atoms with Crippen molar-refractivity contribution in [2.24, 2.45) is 0 Å². The molecule has 0 bridgehead atoms. The molecule has 7 heteroatoms. The lowest BCUT2D eigenvalue weighted by molar-refractivity contribution is 0.584. The van der Waals surface area contributed by atoms with Gasteiger partial charge in [0.1, 0.15) is 0 Å². The third-order valence-corrected chi connectivity index (χ3v) is 4.82. The maximum Gasteiger partial charge on any atom is 0.240 e. The normalized spacial score (nSPS) is 11.0. The smallest absolute Gasteiger partial charge is 0.240 e. The average molecular weight is 313 g/mol. The summed E-state index contributed by atoms with van der Waals surface area (Å²) in [7, 11) is -3.47. The molecular weight excluding hydrogens is 294 g/mol. The Bertz CT molecular complexity index is 580. The zero-order valence-corrected chi connectivity index (χ0v) is 13.0. The van der Waals surface area contributed by atoms with Gasteiger partial charge < -0.3 is 11.1 Å². The maximum atomic E-state index is 11.9. The summed E-state index contributed by atoms with van der Waals surface area (Å²) in [6.45, 7) is 2.75. The molecule has 0 amide bonds. The molecule has 0 aliphatic heterocycles. The molecular formula is C13H19N3O2S2. The van der Waals surface area contributed by atoms with Crippen LogP contribution in [0.15, 0.2) is 23.1 Å². The van der Waals surface area contributed by atoms with Gasteiger partial charge in [0.15, 0.2) is 0 Å². The Morgan fingerprint density at radius 2 is 2.20 bits per heavy atom. The topological polar surface area (TPSA) is 84.2 Å². The molecule has 0 atom stereocenters. The van der Waals surface area contributed by atoms with Gasteiger partial charge in [0.05, 0.1) is 22.0 Å². The van der Waals surface area contributed by atoms with Gasteiger partial charge in [0, 0.05) is 18.8 Å². The van der Waals surface area contributed by atoms with Crippen LogP contribution in [0.5, 0.6) is 0 Å². The van der Waals surface area contributed by atoms with Crippen LogP contribution in [0.1, 0.15) is 6.92 Å². The monoisotopic (exact) mass is 313 g/mol. The first-order chi connectivity index (χ1) is 9.51. The van der Waals surface area contributed by atoms with Crippen molar-refractivity contribution >= 4 is 33.2 Å². The molecule has 0 unspecified atom stereocenters. The van der Waals surface area contributed by atoms with E-state index in [-0.39, 0.29) is 4.90 Å². The van der Waals surface area contributed by atoms with E-state index in [1.807, 2.05) is 0 Å². The molecule has 0 radical (unpaired) electrons. The Labute approximate surface area is 124 Å². The summed E-state index contributed by atoms with van der Waals surface area (Å²) in [6.07, 6.45) is 5.16. The minimum absolute atomic E-state index is 0.201. The summed E-state index contributed by atoms with van der Waals surface area (Å²) in [5.41, 5.74) is 6.96. The van der Waals surface area contributed by atoms with E-state index in [1.165, 1.54) is 6.07 Å². The molecule has 0 spiro atoms. The lowest BCUT2D eigenvalue weighted by Gasteiger charge is -2.11. The van der Waals surface area contributed by atoms with Crippen LogP contribution in [0, 0.1) is 12.3 Å². The molecule has 110 valence electrons. The Morgan fingerprint density at radius 3 is 2.85 bits per heavy atom. The summed E-state index contributed by atoms with van der Waals surface area (Å²) in [6, 6.07) is 4.62. The molecule has 5 nitrogen and oxygen atoms in total. The lowest BCUT2D eigenvalue weighted by atomic mass is 10.2. The number of anilines is 2. The number of terminal acetylenes is 1. The molecule has 4 N–H and O–H groups in total. The average Bonchev–Trinajstić information content (AvgIpc) is 2.40. The van der Waals surface area contributed by atoms with Gasteiger partial charge in [-0.25, -0.2) is 13.1 Å². The fourth-order valence-electron chi connectivity index (χ4n) is 1.52. The summed E-state index contributed by atoms with van der Waals surface area (Å²) in [4.78, 5) is 0.201. The molecule has 0 saturated carbocycles.